The third-order valence-electron chi connectivity index (χ3n) is 3.39. The van der Waals surface area contributed by atoms with Crippen LogP contribution >= 0.6 is 0 Å². The molecule has 0 aliphatic carbocycles. The fourth-order valence-corrected chi connectivity index (χ4v) is 2.22. The van der Waals surface area contributed by atoms with Crippen LogP contribution in [0, 0.1) is 6.92 Å². The summed E-state index contributed by atoms with van der Waals surface area (Å²) in [6.45, 7) is 1.52. The Kier molecular flexibility index (Phi) is 4.96. The number of aryl methyl sites for hydroxylation is 1. The highest BCUT2D eigenvalue weighted by atomic mass is 19.4. The molecular weight excluding hydrogens is 327 g/mol. The number of amides is 1. The molecule has 1 aromatic heterocycles. The molecule has 1 amide bonds. The first-order valence-electron chi connectivity index (χ1n) is 6.84. The summed E-state index contributed by atoms with van der Waals surface area (Å²) in [6.07, 6.45) is -3.42. The van der Waals surface area contributed by atoms with Crippen molar-refractivity contribution in [2.24, 2.45) is 0 Å². The first-order valence-corrected chi connectivity index (χ1v) is 6.84. The van der Waals surface area contributed by atoms with Gasteiger partial charge in [0.1, 0.15) is 5.76 Å². The number of alkyl halides is 3. The summed E-state index contributed by atoms with van der Waals surface area (Å²) < 4.78 is 49.0. The van der Waals surface area contributed by atoms with Crippen molar-refractivity contribution in [2.75, 3.05) is 7.11 Å². The maximum absolute atomic E-state index is 13.2. The lowest BCUT2D eigenvalue weighted by Crippen LogP contribution is -2.36. The Morgan fingerprint density at radius 1 is 1.21 bits per heavy atom. The minimum Gasteiger partial charge on any atom is -0.469 e. The third-order valence-corrected chi connectivity index (χ3v) is 3.39. The average molecular weight is 341 g/mol. The molecule has 1 atom stereocenters. The van der Waals surface area contributed by atoms with E-state index in [2.05, 4.69) is 10.1 Å². The van der Waals surface area contributed by atoms with E-state index in [9.17, 15) is 22.8 Å². The minimum atomic E-state index is -4.68. The summed E-state index contributed by atoms with van der Waals surface area (Å²) in [5.41, 5.74) is -1.30. The quantitative estimate of drug-likeness (QED) is 0.867. The van der Waals surface area contributed by atoms with E-state index < -0.39 is 35.2 Å². The summed E-state index contributed by atoms with van der Waals surface area (Å²) in [7, 11) is 1.03. The van der Waals surface area contributed by atoms with Crippen LogP contribution in [0.2, 0.25) is 0 Å². The summed E-state index contributed by atoms with van der Waals surface area (Å²) in [5.74, 6) is -1.48. The second-order valence-electron chi connectivity index (χ2n) is 4.91. The molecule has 128 valence electrons. The van der Waals surface area contributed by atoms with Crippen LogP contribution in [0.15, 0.2) is 41.0 Å². The molecule has 0 radical (unpaired) electrons. The van der Waals surface area contributed by atoms with Crippen molar-refractivity contribution < 1.29 is 31.9 Å². The maximum Gasteiger partial charge on any atom is 0.416 e. The Morgan fingerprint density at radius 3 is 2.42 bits per heavy atom. The van der Waals surface area contributed by atoms with Gasteiger partial charge >= 0.3 is 12.1 Å². The number of furan rings is 1. The molecule has 0 saturated carbocycles. The first-order chi connectivity index (χ1) is 11.3. The minimum absolute atomic E-state index is 0.119. The van der Waals surface area contributed by atoms with Gasteiger partial charge in [-0.15, -0.1) is 0 Å². The van der Waals surface area contributed by atoms with Gasteiger partial charge in [-0.3, -0.25) is 4.79 Å². The van der Waals surface area contributed by atoms with E-state index in [1.54, 1.807) is 0 Å². The lowest BCUT2D eigenvalue weighted by molar-refractivity contribution is -0.144. The Balaban J connectivity index is 2.43. The topological polar surface area (TPSA) is 68.5 Å². The van der Waals surface area contributed by atoms with Crippen LogP contribution in [0.4, 0.5) is 13.2 Å². The van der Waals surface area contributed by atoms with Crippen molar-refractivity contribution in [3.63, 3.8) is 0 Å². The molecule has 5 nitrogen and oxygen atoms in total. The highest BCUT2D eigenvalue weighted by molar-refractivity contribution is 5.97. The molecule has 0 fully saturated rings. The number of halogens is 3. The molecule has 0 aliphatic heterocycles. The van der Waals surface area contributed by atoms with Crippen LogP contribution in [0.3, 0.4) is 0 Å². The van der Waals surface area contributed by atoms with Gasteiger partial charge in [-0.2, -0.15) is 13.2 Å². The molecule has 1 aromatic carbocycles. The molecule has 0 spiro atoms. The molecule has 0 unspecified atom stereocenters. The number of ether oxygens (including phenoxy) is 1. The van der Waals surface area contributed by atoms with E-state index >= 15 is 0 Å². The predicted octanol–water partition coefficient (Wildman–Crippen LogP) is 3.25. The zero-order chi connectivity index (χ0) is 17.9. The summed E-state index contributed by atoms with van der Waals surface area (Å²) >= 11 is 0. The zero-order valence-electron chi connectivity index (χ0n) is 12.8. The van der Waals surface area contributed by atoms with Crippen LogP contribution in [0.25, 0.3) is 0 Å². The number of hydrogen-bond acceptors (Lipinski definition) is 4. The fraction of sp³-hybridized carbons (Fsp3) is 0.250. The van der Waals surface area contributed by atoms with E-state index in [0.717, 1.165) is 19.2 Å². The first kappa shape index (κ1) is 17.6. The molecule has 24 heavy (non-hydrogen) atoms. The van der Waals surface area contributed by atoms with Crippen molar-refractivity contribution in [1.82, 2.24) is 5.32 Å². The molecule has 2 rings (SSSR count). The largest absolute Gasteiger partial charge is 0.469 e. The van der Waals surface area contributed by atoms with Crippen molar-refractivity contribution in [2.45, 2.75) is 19.1 Å². The summed E-state index contributed by atoms with van der Waals surface area (Å²) in [5, 5.41) is 2.27. The number of nitrogens with one attached hydrogen (secondary N) is 1. The van der Waals surface area contributed by atoms with Crippen molar-refractivity contribution in [1.29, 1.82) is 0 Å². The Bertz CT molecular complexity index is 752. The van der Waals surface area contributed by atoms with E-state index in [1.807, 2.05) is 0 Å². The third kappa shape index (κ3) is 3.58. The molecule has 0 saturated heterocycles. The number of methoxy groups -OCH3 is 1. The number of esters is 1. The number of hydrogen-bond donors (Lipinski definition) is 1. The molecule has 1 heterocycles. The highest BCUT2D eigenvalue weighted by Crippen LogP contribution is 2.35. The van der Waals surface area contributed by atoms with Gasteiger partial charge in [0, 0.05) is 0 Å². The number of benzene rings is 1. The molecule has 2 aromatic rings. The predicted molar refractivity (Wildman–Crippen MR) is 77.1 cm³/mol. The summed E-state index contributed by atoms with van der Waals surface area (Å²) in [4.78, 5) is 24.2. The average Bonchev–Trinajstić information content (AvgIpc) is 2.97. The van der Waals surface area contributed by atoms with E-state index in [4.69, 9.17) is 4.42 Å². The van der Waals surface area contributed by atoms with Crippen LogP contribution in [-0.2, 0) is 15.7 Å². The molecular formula is C16H14F3NO4. The lowest BCUT2D eigenvalue weighted by atomic mass is 9.99. The van der Waals surface area contributed by atoms with Crippen LogP contribution in [-0.4, -0.2) is 19.0 Å². The second kappa shape index (κ2) is 6.77. The normalized spacial score (nSPS) is 12.5. The van der Waals surface area contributed by atoms with Gasteiger partial charge in [-0.25, -0.2) is 4.79 Å². The van der Waals surface area contributed by atoms with Gasteiger partial charge in [0.2, 0.25) is 0 Å². The Labute approximate surface area is 135 Å². The van der Waals surface area contributed by atoms with E-state index in [-0.39, 0.29) is 11.3 Å². The van der Waals surface area contributed by atoms with Gasteiger partial charge in [0.15, 0.2) is 6.04 Å². The zero-order valence-corrected chi connectivity index (χ0v) is 12.8. The van der Waals surface area contributed by atoms with Gasteiger partial charge < -0.3 is 14.5 Å². The van der Waals surface area contributed by atoms with Crippen LogP contribution < -0.4 is 5.32 Å². The molecule has 0 bridgehead atoms. The highest BCUT2D eigenvalue weighted by Gasteiger charge is 2.37. The molecule has 8 heteroatoms. The molecule has 0 aliphatic rings. The van der Waals surface area contributed by atoms with Crippen molar-refractivity contribution in [3.05, 3.63) is 59.0 Å². The Morgan fingerprint density at radius 2 is 1.88 bits per heavy atom. The lowest BCUT2D eigenvalue weighted by Gasteiger charge is -2.20. The van der Waals surface area contributed by atoms with E-state index in [0.29, 0.717) is 0 Å². The molecule has 1 N–H and O–H groups in total. The van der Waals surface area contributed by atoms with Crippen molar-refractivity contribution in [3.8, 4) is 0 Å². The fourth-order valence-electron chi connectivity index (χ4n) is 2.22. The van der Waals surface area contributed by atoms with Gasteiger partial charge in [0.25, 0.3) is 5.91 Å². The number of carbonyl (C=O) groups is 2. The smallest absolute Gasteiger partial charge is 0.416 e. The Hall–Kier alpha value is -2.77. The number of rotatable bonds is 4. The SMILES string of the molecule is COC(=O)[C@@H](NC(=O)c1ccoc1C)c1ccccc1C(F)(F)F. The standard InChI is InChI=1S/C16H14F3NO4/c1-9-10(7-8-24-9)14(21)20-13(15(22)23-2)11-5-3-4-6-12(11)16(17,18)19/h3-8,13H,1-2H3,(H,20,21)/t13-/m0/s1. The van der Waals surface area contributed by atoms with Gasteiger partial charge in [-0.05, 0) is 24.6 Å². The van der Waals surface area contributed by atoms with Crippen molar-refractivity contribution >= 4 is 11.9 Å². The monoisotopic (exact) mass is 341 g/mol. The van der Waals surface area contributed by atoms with Gasteiger partial charge in [0.05, 0.1) is 24.5 Å². The number of carbonyl (C=O) groups excluding carboxylic acids is 2. The van der Waals surface area contributed by atoms with Crippen LogP contribution in [0.5, 0.6) is 0 Å². The maximum atomic E-state index is 13.2. The van der Waals surface area contributed by atoms with E-state index in [1.165, 1.54) is 31.4 Å². The van der Waals surface area contributed by atoms with Crippen LogP contribution in [0.1, 0.15) is 33.3 Å². The van der Waals surface area contributed by atoms with Gasteiger partial charge in [-0.1, -0.05) is 18.2 Å². The second-order valence-corrected chi connectivity index (χ2v) is 4.91. The summed E-state index contributed by atoms with van der Waals surface area (Å²) in [6, 6.07) is 4.25.